The molecule has 582 valence electrons. The first-order chi connectivity index (χ1) is 47.4. The molecule has 0 fully saturated rings. The zero-order chi connectivity index (χ0) is 72.1. The highest BCUT2D eigenvalue weighted by molar-refractivity contribution is 7.47. The topological polar surface area (TPSA) is 237 Å². The van der Waals surface area contributed by atoms with Gasteiger partial charge in [-0.2, -0.15) is 0 Å². The third-order valence-electron chi connectivity index (χ3n) is 19.2. The molecule has 19 heteroatoms. The number of aliphatic hydroxyl groups is 1. The molecule has 0 aromatic rings. The SMILES string of the molecule is CCCCCCCCCCCCCCCCCCCCCC(=O)O[C@H](COC(=O)CCCCCCCCCCCCCCCCCCC)COP(=O)(O)OC[C@@H](O)COP(=O)(O)OC[C@@H](COC(=O)CCCCCCCCC(C)CC)OC(=O)CCCCCCCCCCC(C)CC. The highest BCUT2D eigenvalue weighted by Crippen LogP contribution is 2.45. The quantitative estimate of drug-likeness (QED) is 0.0222. The number of hydrogen-bond acceptors (Lipinski definition) is 15. The van der Waals surface area contributed by atoms with Gasteiger partial charge >= 0.3 is 39.5 Å². The van der Waals surface area contributed by atoms with Crippen molar-refractivity contribution in [2.45, 2.75) is 432 Å². The van der Waals surface area contributed by atoms with E-state index in [0.29, 0.717) is 25.7 Å². The minimum absolute atomic E-state index is 0.104. The lowest BCUT2D eigenvalue weighted by Gasteiger charge is -2.21. The lowest BCUT2D eigenvalue weighted by atomic mass is 9.99. The van der Waals surface area contributed by atoms with E-state index >= 15 is 0 Å². The van der Waals surface area contributed by atoms with Crippen LogP contribution in [0.2, 0.25) is 0 Å². The van der Waals surface area contributed by atoms with Crippen LogP contribution in [0.15, 0.2) is 0 Å². The number of carbonyl (C=O) groups is 4. The number of esters is 4. The number of phosphoric acid groups is 2. The van der Waals surface area contributed by atoms with Gasteiger partial charge in [0.1, 0.15) is 19.3 Å². The van der Waals surface area contributed by atoms with Crippen LogP contribution in [-0.2, 0) is 65.4 Å². The van der Waals surface area contributed by atoms with Crippen molar-refractivity contribution >= 4 is 39.5 Å². The van der Waals surface area contributed by atoms with Gasteiger partial charge in [-0.15, -0.1) is 0 Å². The van der Waals surface area contributed by atoms with Gasteiger partial charge in [-0.3, -0.25) is 37.3 Å². The molecule has 4 unspecified atom stereocenters. The van der Waals surface area contributed by atoms with E-state index in [4.69, 9.17) is 37.0 Å². The van der Waals surface area contributed by atoms with Gasteiger partial charge < -0.3 is 33.8 Å². The molecule has 0 saturated carbocycles. The molecule has 98 heavy (non-hydrogen) atoms. The van der Waals surface area contributed by atoms with Crippen molar-refractivity contribution in [3.63, 3.8) is 0 Å². The maximum atomic E-state index is 13.1. The van der Waals surface area contributed by atoms with Gasteiger partial charge in [0.15, 0.2) is 12.2 Å². The Morgan fingerprint density at radius 1 is 0.286 bits per heavy atom. The highest BCUT2D eigenvalue weighted by atomic mass is 31.2. The van der Waals surface area contributed by atoms with Crippen LogP contribution in [0.5, 0.6) is 0 Å². The summed E-state index contributed by atoms with van der Waals surface area (Å²) in [6.45, 7) is 9.57. The molecule has 7 atom stereocenters. The van der Waals surface area contributed by atoms with Crippen LogP contribution >= 0.6 is 15.6 Å². The van der Waals surface area contributed by atoms with Crippen LogP contribution in [-0.4, -0.2) is 96.7 Å². The monoisotopic (exact) mass is 1440 g/mol. The molecular weight excluding hydrogens is 1280 g/mol. The zero-order valence-electron chi connectivity index (χ0n) is 64.1. The smallest absolute Gasteiger partial charge is 0.462 e. The lowest BCUT2D eigenvalue weighted by Crippen LogP contribution is -2.30. The average molecular weight is 1440 g/mol. The van der Waals surface area contributed by atoms with Crippen molar-refractivity contribution in [3.8, 4) is 0 Å². The molecule has 17 nitrogen and oxygen atoms in total. The van der Waals surface area contributed by atoms with Crippen molar-refractivity contribution in [1.82, 2.24) is 0 Å². The number of aliphatic hydroxyl groups excluding tert-OH is 1. The van der Waals surface area contributed by atoms with E-state index in [1.807, 2.05) is 0 Å². The van der Waals surface area contributed by atoms with Crippen LogP contribution in [0.3, 0.4) is 0 Å². The minimum Gasteiger partial charge on any atom is -0.462 e. The van der Waals surface area contributed by atoms with Gasteiger partial charge in [0.25, 0.3) is 0 Å². The van der Waals surface area contributed by atoms with E-state index in [9.17, 15) is 43.2 Å². The highest BCUT2D eigenvalue weighted by Gasteiger charge is 2.30. The Bertz CT molecular complexity index is 1890. The molecule has 0 aliphatic carbocycles. The molecule has 0 radical (unpaired) electrons. The Balaban J connectivity index is 5.24. The van der Waals surface area contributed by atoms with Crippen molar-refractivity contribution in [2.24, 2.45) is 11.8 Å². The molecule has 0 amide bonds. The second-order valence-electron chi connectivity index (χ2n) is 28.9. The number of phosphoric ester groups is 2. The fourth-order valence-corrected chi connectivity index (χ4v) is 13.7. The Labute approximate surface area is 600 Å². The van der Waals surface area contributed by atoms with Crippen LogP contribution in [0.25, 0.3) is 0 Å². The summed E-state index contributed by atoms with van der Waals surface area (Å²) in [5.41, 5.74) is 0. The number of unbranched alkanes of at least 4 members (excludes halogenated alkanes) is 46. The summed E-state index contributed by atoms with van der Waals surface area (Å²) in [4.78, 5) is 72.9. The molecule has 0 aliphatic rings. The average Bonchev–Trinajstić information content (AvgIpc) is 0.986. The largest absolute Gasteiger partial charge is 0.472 e. The molecule has 0 aromatic heterocycles. The van der Waals surface area contributed by atoms with Gasteiger partial charge in [0, 0.05) is 25.7 Å². The summed E-state index contributed by atoms with van der Waals surface area (Å²) in [6, 6.07) is 0. The zero-order valence-corrected chi connectivity index (χ0v) is 65.9. The van der Waals surface area contributed by atoms with E-state index in [2.05, 4.69) is 41.5 Å². The Hall–Kier alpha value is -1.94. The molecular formula is C79H154O17P2. The lowest BCUT2D eigenvalue weighted by molar-refractivity contribution is -0.161. The molecule has 0 aromatic carbocycles. The second-order valence-corrected chi connectivity index (χ2v) is 31.8. The fourth-order valence-electron chi connectivity index (χ4n) is 12.1. The Morgan fingerprint density at radius 3 is 0.724 bits per heavy atom. The first-order valence-electron chi connectivity index (χ1n) is 41.1. The maximum Gasteiger partial charge on any atom is 0.472 e. The van der Waals surface area contributed by atoms with Crippen molar-refractivity contribution in [3.05, 3.63) is 0 Å². The summed E-state index contributed by atoms with van der Waals surface area (Å²) >= 11 is 0. The number of ether oxygens (including phenoxy) is 4. The summed E-state index contributed by atoms with van der Waals surface area (Å²) in [5, 5.41) is 10.6. The van der Waals surface area contributed by atoms with Crippen molar-refractivity contribution < 1.29 is 80.2 Å². The first kappa shape index (κ1) is 96.1. The fraction of sp³-hybridized carbons (Fsp3) is 0.949. The van der Waals surface area contributed by atoms with E-state index < -0.39 is 97.5 Å². The van der Waals surface area contributed by atoms with Gasteiger partial charge in [0.2, 0.25) is 0 Å². The summed E-state index contributed by atoms with van der Waals surface area (Å²) in [6.07, 6.45) is 59.7. The molecule has 0 aliphatic heterocycles. The van der Waals surface area contributed by atoms with Crippen LogP contribution in [0, 0.1) is 11.8 Å². The van der Waals surface area contributed by atoms with E-state index in [0.717, 1.165) is 108 Å². The van der Waals surface area contributed by atoms with E-state index in [1.54, 1.807) is 0 Å². The molecule has 0 rings (SSSR count). The molecule has 0 bridgehead atoms. The summed E-state index contributed by atoms with van der Waals surface area (Å²) < 4.78 is 68.6. The molecule has 3 N–H and O–H groups in total. The normalized spacial score (nSPS) is 14.5. The number of hydrogen-bond donors (Lipinski definition) is 3. The van der Waals surface area contributed by atoms with E-state index in [1.165, 1.54) is 225 Å². The number of carbonyl (C=O) groups excluding carboxylic acids is 4. The second kappa shape index (κ2) is 70.7. The van der Waals surface area contributed by atoms with E-state index in [-0.39, 0.29) is 25.7 Å². The van der Waals surface area contributed by atoms with Gasteiger partial charge in [-0.05, 0) is 37.5 Å². The maximum absolute atomic E-state index is 13.1. The third kappa shape index (κ3) is 69.8. The van der Waals surface area contributed by atoms with Crippen molar-refractivity contribution in [1.29, 1.82) is 0 Å². The number of rotatable bonds is 78. The van der Waals surface area contributed by atoms with Gasteiger partial charge in [-0.25, -0.2) is 9.13 Å². The van der Waals surface area contributed by atoms with Crippen LogP contribution < -0.4 is 0 Å². The third-order valence-corrected chi connectivity index (χ3v) is 21.1. The molecule has 0 saturated heterocycles. The van der Waals surface area contributed by atoms with Crippen molar-refractivity contribution in [2.75, 3.05) is 39.6 Å². The predicted molar refractivity (Wildman–Crippen MR) is 400 cm³/mol. The van der Waals surface area contributed by atoms with Crippen LogP contribution in [0.1, 0.15) is 414 Å². The molecule has 0 heterocycles. The summed E-state index contributed by atoms with van der Waals surface area (Å²) in [7, 11) is -9.92. The Morgan fingerprint density at radius 2 is 0.490 bits per heavy atom. The first-order valence-corrected chi connectivity index (χ1v) is 44.1. The molecule has 0 spiro atoms. The standard InChI is InChI=1S/C79H154O17P2/c1-7-11-13-15-17-19-21-23-25-27-28-30-32-34-36-38-43-51-57-63-78(83)95-74(67-89-76(81)61-55-49-42-37-35-33-31-29-26-24-22-20-18-16-14-12-8-2)69-93-97(85,86)91-65-73(80)66-92-98(87,88)94-70-75(68-90-77(82)62-56-50-46-45-48-54-60-72(6)10-4)96-79(84)64-58-52-44-40-39-41-47-53-59-71(5)9-3/h71-75,80H,7-70H2,1-6H3,(H,85,86)(H,87,88)/t71?,72?,73-,74-,75-/m1/s1. The minimum atomic E-state index is -4.96. The van der Waals surface area contributed by atoms with Gasteiger partial charge in [-0.1, -0.05) is 363 Å². The summed E-state index contributed by atoms with van der Waals surface area (Å²) in [5.74, 6) is -0.614. The predicted octanol–water partition coefficient (Wildman–Crippen LogP) is 23.5. The van der Waals surface area contributed by atoms with Crippen LogP contribution in [0.4, 0.5) is 0 Å². The van der Waals surface area contributed by atoms with Gasteiger partial charge in [0.05, 0.1) is 26.4 Å². The Kier molecular flexibility index (Phi) is 69.3.